The van der Waals surface area contributed by atoms with E-state index in [2.05, 4.69) is 268 Å². The molecule has 14 aromatic rings. The topological polar surface area (TPSA) is 57.2 Å². The molecule has 0 fully saturated rings. The van der Waals surface area contributed by atoms with Crippen molar-refractivity contribution in [1.82, 2.24) is 9.97 Å². The molecule has 12 aromatic carbocycles. The van der Waals surface area contributed by atoms with E-state index in [4.69, 9.17) is 19.4 Å². The number of hydrogen-bond donors (Lipinski definition) is 0. The lowest BCUT2D eigenvalue weighted by Gasteiger charge is -2.30. The SMILES string of the molecule is c1ccc(N(c2ccccc2)c2cc(Oc3cccc(Oc4cc(N(c5ccccc5)c5ccccc5)cc(N(c5ccccc5)c5ccccc5)c4)c3-c3c(-c4ccccn4)cccc3-c3ccccn3)cc(N(c3ccccc3)c3ccccc3)c2)cc1. The van der Waals surface area contributed by atoms with Gasteiger partial charge in [-0.3, -0.25) is 9.97 Å². The molecule has 430 valence electrons. The van der Waals surface area contributed by atoms with Crippen LogP contribution in [0.15, 0.2) is 364 Å². The molecule has 0 aliphatic rings. The van der Waals surface area contributed by atoms with Crippen LogP contribution in [0.25, 0.3) is 33.6 Å². The Kier molecular flexibility index (Phi) is 16.2. The van der Waals surface area contributed by atoms with Gasteiger partial charge in [0.05, 0.1) is 39.7 Å². The van der Waals surface area contributed by atoms with Crippen molar-refractivity contribution < 1.29 is 9.47 Å². The van der Waals surface area contributed by atoms with Crippen molar-refractivity contribution in [2.24, 2.45) is 0 Å². The zero-order valence-corrected chi connectivity index (χ0v) is 49.1. The van der Waals surface area contributed by atoms with Crippen LogP contribution in [0.1, 0.15) is 0 Å². The van der Waals surface area contributed by atoms with Crippen molar-refractivity contribution in [3.63, 3.8) is 0 Å². The third kappa shape index (κ3) is 12.0. The van der Waals surface area contributed by atoms with Crippen molar-refractivity contribution in [2.75, 3.05) is 19.6 Å². The predicted molar refractivity (Wildman–Crippen MR) is 370 cm³/mol. The fourth-order valence-corrected chi connectivity index (χ4v) is 11.6. The zero-order valence-electron chi connectivity index (χ0n) is 49.1. The van der Waals surface area contributed by atoms with Gasteiger partial charge < -0.3 is 29.1 Å². The number of ether oxygens (including phenoxy) is 2. The van der Waals surface area contributed by atoms with E-state index in [0.29, 0.717) is 28.6 Å². The first kappa shape index (κ1) is 55.6. The largest absolute Gasteiger partial charge is 0.456 e. The second kappa shape index (κ2) is 26.2. The molecule has 14 rings (SSSR count). The molecule has 0 spiro atoms. The highest BCUT2D eigenvalue weighted by molar-refractivity contribution is 5.98. The molecule has 0 atom stereocenters. The number of benzene rings is 12. The van der Waals surface area contributed by atoms with Crippen molar-refractivity contribution in [1.29, 1.82) is 0 Å². The highest BCUT2D eigenvalue weighted by Crippen LogP contribution is 2.52. The third-order valence-corrected chi connectivity index (χ3v) is 15.5. The summed E-state index contributed by atoms with van der Waals surface area (Å²) in [5.41, 5.74) is 16.1. The molecule has 2 aromatic heterocycles. The van der Waals surface area contributed by atoms with Gasteiger partial charge in [0.25, 0.3) is 0 Å². The van der Waals surface area contributed by atoms with Crippen LogP contribution in [0.5, 0.6) is 23.0 Å². The van der Waals surface area contributed by atoms with E-state index in [1.54, 1.807) is 0 Å². The van der Waals surface area contributed by atoms with Crippen LogP contribution in [0.3, 0.4) is 0 Å². The summed E-state index contributed by atoms with van der Waals surface area (Å²) in [6.45, 7) is 0. The Hall–Kier alpha value is -12.3. The number of para-hydroxylation sites is 8. The van der Waals surface area contributed by atoms with Crippen LogP contribution in [0, 0.1) is 0 Å². The van der Waals surface area contributed by atoms with Crippen LogP contribution < -0.4 is 29.1 Å². The molecule has 8 nitrogen and oxygen atoms in total. The summed E-state index contributed by atoms with van der Waals surface area (Å²) >= 11 is 0. The number of pyridine rings is 2. The average molecular weight is 1160 g/mol. The van der Waals surface area contributed by atoms with Gasteiger partial charge in [0.15, 0.2) is 0 Å². The van der Waals surface area contributed by atoms with Gasteiger partial charge in [0.1, 0.15) is 23.0 Å². The minimum atomic E-state index is 0.537. The van der Waals surface area contributed by atoms with Crippen molar-refractivity contribution in [2.45, 2.75) is 0 Å². The third-order valence-electron chi connectivity index (χ3n) is 15.5. The summed E-state index contributed by atoms with van der Waals surface area (Å²) in [7, 11) is 0. The van der Waals surface area contributed by atoms with Gasteiger partial charge in [-0.15, -0.1) is 0 Å². The zero-order chi connectivity index (χ0) is 60.3. The van der Waals surface area contributed by atoms with Crippen LogP contribution in [-0.2, 0) is 0 Å². The summed E-state index contributed by atoms with van der Waals surface area (Å²) in [5, 5.41) is 0. The maximum Gasteiger partial charge on any atom is 0.139 e. The van der Waals surface area contributed by atoms with Crippen LogP contribution in [0.2, 0.25) is 0 Å². The normalized spacial score (nSPS) is 10.9. The monoisotopic (exact) mass is 1160 g/mol. The molecule has 0 bridgehead atoms. The Labute approximate surface area is 525 Å². The molecule has 0 amide bonds. The van der Waals surface area contributed by atoms with Gasteiger partial charge in [-0.05, 0) is 146 Å². The van der Waals surface area contributed by atoms with E-state index in [9.17, 15) is 0 Å². The van der Waals surface area contributed by atoms with E-state index < -0.39 is 0 Å². The van der Waals surface area contributed by atoms with E-state index in [1.165, 1.54) is 0 Å². The number of hydrogen-bond acceptors (Lipinski definition) is 8. The number of rotatable bonds is 19. The van der Waals surface area contributed by atoms with Gasteiger partial charge >= 0.3 is 0 Å². The molecule has 8 heteroatoms. The molecule has 0 saturated heterocycles. The molecule has 0 radical (unpaired) electrons. The lowest BCUT2D eigenvalue weighted by atomic mass is 9.89. The smallest absolute Gasteiger partial charge is 0.139 e. The number of nitrogens with zero attached hydrogens (tertiary/aromatic N) is 6. The minimum absolute atomic E-state index is 0.537. The highest BCUT2D eigenvalue weighted by Gasteiger charge is 2.27. The van der Waals surface area contributed by atoms with Crippen LogP contribution in [0.4, 0.5) is 68.2 Å². The second-order valence-electron chi connectivity index (χ2n) is 21.4. The minimum Gasteiger partial charge on any atom is -0.456 e. The first-order valence-electron chi connectivity index (χ1n) is 30.0. The molecule has 0 aliphatic carbocycles. The molecule has 0 unspecified atom stereocenters. The second-order valence-corrected chi connectivity index (χ2v) is 21.4. The fraction of sp³-hybridized carbons (Fsp3) is 0. The summed E-state index contributed by atoms with van der Waals surface area (Å²) in [4.78, 5) is 19.1. The Morgan fingerprint density at radius 3 is 0.689 bits per heavy atom. The fourth-order valence-electron chi connectivity index (χ4n) is 11.6. The van der Waals surface area contributed by atoms with Crippen molar-refractivity contribution >= 4 is 68.2 Å². The van der Waals surface area contributed by atoms with Gasteiger partial charge in [-0.2, -0.15) is 0 Å². The van der Waals surface area contributed by atoms with Crippen molar-refractivity contribution in [3.05, 3.63) is 364 Å². The summed E-state index contributed by atoms with van der Waals surface area (Å²) in [6.07, 6.45) is 3.67. The Balaban J connectivity index is 1.03. The molecular weight excluding hydrogens is 1100 g/mol. The van der Waals surface area contributed by atoms with Gasteiger partial charge in [0.2, 0.25) is 0 Å². The van der Waals surface area contributed by atoms with E-state index in [0.717, 1.165) is 96.3 Å². The van der Waals surface area contributed by atoms with E-state index in [1.807, 2.05) is 116 Å². The lowest BCUT2D eigenvalue weighted by molar-refractivity contribution is 0.464. The maximum atomic E-state index is 7.71. The maximum absolute atomic E-state index is 7.71. The summed E-state index contributed by atoms with van der Waals surface area (Å²) in [6, 6.07) is 121. The molecule has 0 saturated carbocycles. The highest BCUT2D eigenvalue weighted by atomic mass is 16.5. The predicted octanol–water partition coefficient (Wildman–Crippen LogP) is 22.9. The Morgan fingerprint density at radius 1 is 0.200 bits per heavy atom. The van der Waals surface area contributed by atoms with E-state index in [-0.39, 0.29) is 0 Å². The molecule has 2 heterocycles. The standard InChI is InChI=1S/C82H60N6O2/c1-9-31-61(32-10-1)85(62-33-11-2-12-34-62)69-55-70(86(63-35-13-3-14-36-63)64-37-15-4-16-38-64)58-73(57-69)89-79-51-30-52-80(82(79)81-75(77-49-25-27-53-83-77)47-29-48-76(81)78-50-26-28-54-84-78)90-74-59-71(87(65-39-17-5-18-40-65)66-41-19-6-20-42-66)56-72(60-74)88(67-43-21-7-22-44-67)68-45-23-8-24-46-68/h1-60H. The first-order valence-corrected chi connectivity index (χ1v) is 30.0. The van der Waals surface area contributed by atoms with Crippen LogP contribution >= 0.6 is 0 Å². The number of aromatic nitrogens is 2. The van der Waals surface area contributed by atoms with Gasteiger partial charge in [-0.25, -0.2) is 0 Å². The molecular formula is C82H60N6O2. The summed E-state index contributed by atoms with van der Waals surface area (Å²) < 4.78 is 15.4. The van der Waals surface area contributed by atoms with E-state index >= 15 is 0 Å². The first-order chi connectivity index (χ1) is 44.7. The Morgan fingerprint density at radius 2 is 0.444 bits per heavy atom. The quantitative estimate of drug-likeness (QED) is 0.0794. The van der Waals surface area contributed by atoms with Gasteiger partial charge in [-0.1, -0.05) is 182 Å². The van der Waals surface area contributed by atoms with Crippen molar-refractivity contribution in [3.8, 4) is 56.6 Å². The molecule has 0 aliphatic heterocycles. The summed E-state index contributed by atoms with van der Waals surface area (Å²) in [5.74, 6) is 2.23. The van der Waals surface area contributed by atoms with Crippen LogP contribution in [-0.4, -0.2) is 9.97 Å². The molecule has 90 heavy (non-hydrogen) atoms. The Bertz CT molecular complexity index is 3980. The lowest BCUT2D eigenvalue weighted by Crippen LogP contribution is -2.13. The average Bonchev–Trinajstić information content (AvgIpc) is 1.16. The molecule has 0 N–H and O–H groups in total. The van der Waals surface area contributed by atoms with Gasteiger partial charge in [0, 0.05) is 98.8 Å². The number of anilines is 12.